The Hall–Kier alpha value is -3.60. The first-order valence-corrected chi connectivity index (χ1v) is 11.9. The Kier molecular flexibility index (Phi) is 6.80. The number of ether oxygens (including phenoxy) is 3. The summed E-state index contributed by atoms with van der Waals surface area (Å²) < 4.78 is 70.3. The molecule has 0 amide bonds. The Bertz CT molecular complexity index is 1410. The number of benzene rings is 2. The molecule has 0 unspecified atom stereocenters. The normalized spacial score (nSPS) is 15.4. The number of hydrogen-bond acceptors (Lipinski definition) is 6. The van der Waals surface area contributed by atoms with Gasteiger partial charge in [-0.05, 0) is 63.0 Å². The fourth-order valence-electron chi connectivity index (χ4n) is 4.64. The van der Waals surface area contributed by atoms with Gasteiger partial charge in [0.2, 0.25) is 5.88 Å². The number of aryl methyl sites for hydroxylation is 1. The lowest BCUT2D eigenvalue weighted by atomic mass is 9.98. The monoisotopic (exact) mass is 518 g/mol. The summed E-state index contributed by atoms with van der Waals surface area (Å²) >= 11 is 0. The van der Waals surface area contributed by atoms with Crippen molar-refractivity contribution in [2.24, 2.45) is 5.92 Å². The summed E-state index contributed by atoms with van der Waals surface area (Å²) in [5.74, 6) is 0.692. The van der Waals surface area contributed by atoms with Gasteiger partial charge in [-0.15, -0.1) is 0 Å². The highest BCUT2D eigenvalue weighted by Crippen LogP contribution is 2.38. The number of nitrogens with zero attached hydrogens (tertiary/aromatic N) is 3. The Balaban J connectivity index is 1.32. The minimum atomic E-state index is -4.19. The van der Waals surface area contributed by atoms with E-state index in [4.69, 9.17) is 14.2 Å². The number of rotatable bonds is 7. The van der Waals surface area contributed by atoms with Crippen molar-refractivity contribution in [2.75, 3.05) is 33.4 Å². The fourth-order valence-corrected chi connectivity index (χ4v) is 4.64. The zero-order valence-electron chi connectivity index (χ0n) is 20.4. The molecule has 0 radical (unpaired) electrons. The van der Waals surface area contributed by atoms with Gasteiger partial charge in [0.25, 0.3) is 0 Å². The van der Waals surface area contributed by atoms with Crippen molar-refractivity contribution in [1.82, 2.24) is 19.9 Å². The summed E-state index contributed by atoms with van der Waals surface area (Å²) in [4.78, 5) is 13.0. The minimum Gasteiger partial charge on any atom is -0.493 e. The lowest BCUT2D eigenvalue weighted by Gasteiger charge is -2.32. The lowest BCUT2D eigenvalue weighted by molar-refractivity contribution is -0.148. The molecular weight excluding hydrogens is 492 g/mol. The number of H-pyrrole nitrogens is 1. The first kappa shape index (κ1) is 25.1. The number of aromatic amines is 1. The van der Waals surface area contributed by atoms with Gasteiger partial charge in [0.05, 0.1) is 31.2 Å². The van der Waals surface area contributed by atoms with Gasteiger partial charge in [-0.3, -0.25) is 4.90 Å². The van der Waals surface area contributed by atoms with Crippen molar-refractivity contribution in [3.63, 3.8) is 0 Å². The Morgan fingerprint density at radius 3 is 2.54 bits per heavy atom. The molecule has 196 valence electrons. The highest BCUT2D eigenvalue weighted by molar-refractivity contribution is 5.87. The topological polar surface area (TPSA) is 72.5 Å². The summed E-state index contributed by atoms with van der Waals surface area (Å²) in [7, 11) is 1.50. The van der Waals surface area contributed by atoms with Crippen LogP contribution in [0.3, 0.4) is 0 Å². The third-order valence-corrected chi connectivity index (χ3v) is 6.51. The molecule has 3 heterocycles. The number of nitrogens with one attached hydrogen (secondary N) is 1. The molecule has 2 aromatic heterocycles. The number of piperidine rings is 1. The van der Waals surface area contributed by atoms with Crippen LogP contribution >= 0.6 is 0 Å². The molecule has 0 saturated carbocycles. The van der Waals surface area contributed by atoms with E-state index in [0.29, 0.717) is 65.8 Å². The van der Waals surface area contributed by atoms with Crippen molar-refractivity contribution < 1.29 is 31.8 Å². The number of methoxy groups -OCH3 is 1. The third-order valence-electron chi connectivity index (χ3n) is 6.51. The predicted octanol–water partition coefficient (Wildman–Crippen LogP) is 6.01. The maximum absolute atomic E-state index is 15.1. The van der Waals surface area contributed by atoms with Crippen molar-refractivity contribution in [3.8, 4) is 23.1 Å². The molecule has 0 aliphatic carbocycles. The molecule has 1 fully saturated rings. The van der Waals surface area contributed by atoms with E-state index in [0.717, 1.165) is 5.69 Å². The van der Waals surface area contributed by atoms with Crippen LogP contribution in [0.1, 0.15) is 18.5 Å². The number of likely N-dealkylation sites (tertiary alicyclic amines) is 1. The van der Waals surface area contributed by atoms with Crippen LogP contribution in [0, 0.1) is 18.7 Å². The Morgan fingerprint density at radius 1 is 1.03 bits per heavy atom. The van der Waals surface area contributed by atoms with E-state index in [2.05, 4.69) is 15.0 Å². The van der Waals surface area contributed by atoms with Crippen molar-refractivity contribution in [3.05, 3.63) is 48.2 Å². The van der Waals surface area contributed by atoms with E-state index in [1.165, 1.54) is 24.4 Å². The minimum absolute atomic E-state index is 0.0302. The second-order valence-electron chi connectivity index (χ2n) is 9.24. The van der Waals surface area contributed by atoms with Gasteiger partial charge in [0.15, 0.2) is 23.1 Å². The van der Waals surface area contributed by atoms with Gasteiger partial charge in [0, 0.05) is 22.7 Å². The summed E-state index contributed by atoms with van der Waals surface area (Å²) in [5.41, 5.74) is 2.02. The van der Waals surface area contributed by atoms with E-state index >= 15 is 4.39 Å². The number of fused-ring (bicyclic) bond motifs is 2. The maximum Gasteiger partial charge on any atom is 0.401 e. The average molecular weight is 519 g/mol. The molecule has 1 aliphatic heterocycles. The molecule has 2 aromatic carbocycles. The first-order chi connectivity index (χ1) is 17.7. The summed E-state index contributed by atoms with van der Waals surface area (Å²) in [6.45, 7) is 2.06. The highest BCUT2D eigenvalue weighted by atomic mass is 19.4. The second-order valence-corrected chi connectivity index (χ2v) is 9.24. The van der Waals surface area contributed by atoms with Crippen molar-refractivity contribution in [1.29, 1.82) is 0 Å². The van der Waals surface area contributed by atoms with E-state index in [1.807, 2.05) is 6.92 Å². The maximum atomic E-state index is 15.1. The van der Waals surface area contributed by atoms with Crippen LogP contribution in [-0.4, -0.2) is 59.4 Å². The molecule has 11 heteroatoms. The van der Waals surface area contributed by atoms with Gasteiger partial charge < -0.3 is 19.2 Å². The van der Waals surface area contributed by atoms with Crippen LogP contribution in [0.2, 0.25) is 0 Å². The van der Waals surface area contributed by atoms with Crippen LogP contribution in [0.15, 0.2) is 36.7 Å². The molecule has 4 aromatic rings. The quantitative estimate of drug-likeness (QED) is 0.302. The molecule has 7 nitrogen and oxygen atoms in total. The number of alkyl halides is 3. The molecule has 37 heavy (non-hydrogen) atoms. The van der Waals surface area contributed by atoms with Gasteiger partial charge in [-0.2, -0.15) is 13.2 Å². The Labute approximate surface area is 210 Å². The summed E-state index contributed by atoms with van der Waals surface area (Å²) in [6.07, 6.45) is -1.64. The van der Waals surface area contributed by atoms with Crippen molar-refractivity contribution in [2.45, 2.75) is 25.9 Å². The summed E-state index contributed by atoms with van der Waals surface area (Å²) in [5, 5.41) is 0.933. The first-order valence-electron chi connectivity index (χ1n) is 11.9. The van der Waals surface area contributed by atoms with Crippen LogP contribution in [0.5, 0.6) is 23.1 Å². The number of hydrogen-bond donors (Lipinski definition) is 1. The smallest absolute Gasteiger partial charge is 0.401 e. The van der Waals surface area contributed by atoms with E-state index < -0.39 is 18.5 Å². The zero-order valence-corrected chi connectivity index (χ0v) is 20.4. The highest BCUT2D eigenvalue weighted by Gasteiger charge is 2.32. The average Bonchev–Trinajstić information content (AvgIpc) is 3.25. The van der Waals surface area contributed by atoms with Gasteiger partial charge in [-0.25, -0.2) is 14.4 Å². The molecular formula is C26H26F4N4O3. The molecule has 0 spiro atoms. The standard InChI is InChI=1S/C26H26F4N4O3/c1-15-9-17-19(33-15)3-4-21(24(17)27)37-25-18-10-22(35-2)23(11-20(18)31-14-32-25)36-12-16-5-7-34(8-6-16)13-26(28,29)30/h3-4,9-11,14,16,33H,5-8,12-13H2,1-2H3. The molecule has 0 atom stereocenters. The molecule has 1 saturated heterocycles. The van der Waals surface area contributed by atoms with E-state index in [-0.39, 0.29) is 17.5 Å². The third kappa shape index (κ3) is 5.56. The molecule has 5 rings (SSSR count). The lowest BCUT2D eigenvalue weighted by Crippen LogP contribution is -2.41. The zero-order chi connectivity index (χ0) is 26.2. The van der Waals surface area contributed by atoms with Crippen LogP contribution in [0.25, 0.3) is 21.8 Å². The summed E-state index contributed by atoms with van der Waals surface area (Å²) in [6, 6.07) is 8.35. The number of aromatic nitrogens is 3. The van der Waals surface area contributed by atoms with Gasteiger partial charge in [-0.1, -0.05) is 0 Å². The van der Waals surface area contributed by atoms with Crippen LogP contribution in [0.4, 0.5) is 17.6 Å². The van der Waals surface area contributed by atoms with Crippen molar-refractivity contribution >= 4 is 21.8 Å². The SMILES string of the molecule is COc1cc2c(Oc3ccc4[nH]c(C)cc4c3F)ncnc2cc1OCC1CCN(CC(F)(F)F)CC1. The van der Waals surface area contributed by atoms with E-state index in [1.54, 1.807) is 24.3 Å². The largest absolute Gasteiger partial charge is 0.493 e. The molecule has 1 N–H and O–H groups in total. The molecule has 1 aliphatic rings. The fraction of sp³-hybridized carbons (Fsp3) is 0.385. The van der Waals surface area contributed by atoms with Crippen LogP contribution < -0.4 is 14.2 Å². The van der Waals surface area contributed by atoms with Crippen LogP contribution in [-0.2, 0) is 0 Å². The predicted molar refractivity (Wildman–Crippen MR) is 130 cm³/mol. The van der Waals surface area contributed by atoms with Gasteiger partial charge >= 0.3 is 6.18 Å². The number of halogens is 4. The second kappa shape index (κ2) is 10.0. The van der Waals surface area contributed by atoms with Gasteiger partial charge in [0.1, 0.15) is 6.33 Å². The molecule has 0 bridgehead atoms. The van der Waals surface area contributed by atoms with E-state index in [9.17, 15) is 13.2 Å². The Morgan fingerprint density at radius 2 is 1.81 bits per heavy atom.